The van der Waals surface area contributed by atoms with E-state index in [1.165, 1.54) is 6.08 Å². The molecule has 66 valence electrons. The summed E-state index contributed by atoms with van der Waals surface area (Å²) in [7, 11) is 0. The van der Waals surface area contributed by atoms with E-state index in [0.29, 0.717) is 6.42 Å². The highest BCUT2D eigenvalue weighted by Crippen LogP contribution is 2.34. The molecule has 0 aromatic heterocycles. The molecule has 2 aliphatic heterocycles. The Morgan fingerprint density at radius 1 is 1.75 bits per heavy atom. The maximum Gasteiger partial charge on any atom is 0.209 e. The molecule has 3 nitrogen and oxygen atoms in total. The van der Waals surface area contributed by atoms with Gasteiger partial charge < -0.3 is 10.0 Å². The van der Waals surface area contributed by atoms with Crippen LogP contribution in [0, 0.1) is 0 Å². The summed E-state index contributed by atoms with van der Waals surface area (Å²) in [5, 5.41) is 9.96. The van der Waals surface area contributed by atoms with Gasteiger partial charge in [-0.05, 0) is 19.8 Å². The zero-order valence-electron chi connectivity index (χ0n) is 7.16. The van der Waals surface area contributed by atoms with Crippen LogP contribution in [-0.2, 0) is 4.79 Å². The zero-order chi connectivity index (χ0) is 8.77. The number of hydrogen-bond donors (Lipinski definition) is 1. The van der Waals surface area contributed by atoms with Gasteiger partial charge in [-0.2, -0.15) is 0 Å². The molecule has 2 unspecified atom stereocenters. The van der Waals surface area contributed by atoms with Crippen LogP contribution in [0.3, 0.4) is 0 Å². The molecule has 0 spiro atoms. The highest BCUT2D eigenvalue weighted by atomic mass is 16.3. The molecule has 12 heavy (non-hydrogen) atoms. The van der Waals surface area contributed by atoms with Gasteiger partial charge >= 0.3 is 0 Å². The second kappa shape index (κ2) is 2.33. The summed E-state index contributed by atoms with van der Waals surface area (Å²) in [6.45, 7) is 2.03. The van der Waals surface area contributed by atoms with Crippen molar-refractivity contribution in [1.82, 2.24) is 4.90 Å². The molecule has 2 atom stereocenters. The molecular weight excluding hydrogens is 154 g/mol. The number of fused-ring (bicyclic) bond motifs is 1. The molecule has 2 aliphatic rings. The SMILES string of the molecule is CC1CCCC2(O)C(=O)C=CN12. The Hall–Kier alpha value is -0.830. The highest BCUT2D eigenvalue weighted by molar-refractivity contribution is 5.98. The van der Waals surface area contributed by atoms with Crippen molar-refractivity contribution in [1.29, 1.82) is 0 Å². The quantitative estimate of drug-likeness (QED) is 0.575. The first-order chi connectivity index (χ1) is 5.64. The second-order valence-corrected chi connectivity index (χ2v) is 3.65. The van der Waals surface area contributed by atoms with Crippen LogP contribution in [0.2, 0.25) is 0 Å². The molecule has 1 N–H and O–H groups in total. The van der Waals surface area contributed by atoms with E-state index in [4.69, 9.17) is 0 Å². The molecule has 2 rings (SSSR count). The average molecular weight is 167 g/mol. The third kappa shape index (κ3) is 0.829. The Morgan fingerprint density at radius 2 is 2.50 bits per heavy atom. The first kappa shape index (κ1) is 7.80. The Balaban J connectivity index is 2.31. The number of aliphatic hydroxyl groups is 1. The largest absolute Gasteiger partial charge is 0.364 e. The fraction of sp³-hybridized carbons (Fsp3) is 0.667. The minimum atomic E-state index is -1.20. The molecule has 0 aromatic rings. The van der Waals surface area contributed by atoms with Gasteiger partial charge in [-0.1, -0.05) is 0 Å². The van der Waals surface area contributed by atoms with Gasteiger partial charge in [0.1, 0.15) is 0 Å². The second-order valence-electron chi connectivity index (χ2n) is 3.65. The number of carbonyl (C=O) groups excluding carboxylic acids is 1. The number of rotatable bonds is 0. The fourth-order valence-electron chi connectivity index (χ4n) is 2.08. The third-order valence-electron chi connectivity index (χ3n) is 2.83. The maximum absolute atomic E-state index is 11.3. The van der Waals surface area contributed by atoms with E-state index in [1.807, 2.05) is 6.92 Å². The van der Waals surface area contributed by atoms with Crippen LogP contribution in [0.1, 0.15) is 26.2 Å². The summed E-state index contributed by atoms with van der Waals surface area (Å²) < 4.78 is 0. The predicted molar refractivity (Wildman–Crippen MR) is 44.2 cm³/mol. The molecule has 0 aromatic carbocycles. The van der Waals surface area contributed by atoms with Gasteiger partial charge in [-0.15, -0.1) is 0 Å². The zero-order valence-corrected chi connectivity index (χ0v) is 7.16. The van der Waals surface area contributed by atoms with E-state index in [1.54, 1.807) is 11.1 Å². The van der Waals surface area contributed by atoms with Crippen LogP contribution in [-0.4, -0.2) is 27.6 Å². The molecule has 3 heteroatoms. The van der Waals surface area contributed by atoms with Gasteiger partial charge in [-0.3, -0.25) is 4.79 Å². The van der Waals surface area contributed by atoms with Gasteiger partial charge in [0.25, 0.3) is 0 Å². The van der Waals surface area contributed by atoms with E-state index in [9.17, 15) is 9.90 Å². The van der Waals surface area contributed by atoms with Crippen LogP contribution in [0.15, 0.2) is 12.3 Å². The van der Waals surface area contributed by atoms with Crippen LogP contribution >= 0.6 is 0 Å². The average Bonchev–Trinajstić information content (AvgIpc) is 2.30. The smallest absolute Gasteiger partial charge is 0.209 e. The molecule has 0 amide bonds. The van der Waals surface area contributed by atoms with E-state index in [2.05, 4.69) is 0 Å². The number of hydrogen-bond acceptors (Lipinski definition) is 3. The number of piperidine rings is 1. The number of nitrogens with zero attached hydrogens (tertiary/aromatic N) is 1. The van der Waals surface area contributed by atoms with Gasteiger partial charge in [0, 0.05) is 24.7 Å². The lowest BCUT2D eigenvalue weighted by atomic mass is 9.93. The molecule has 0 radical (unpaired) electrons. The van der Waals surface area contributed by atoms with Crippen molar-refractivity contribution >= 4 is 5.78 Å². The molecule has 0 aliphatic carbocycles. The number of ketones is 1. The summed E-state index contributed by atoms with van der Waals surface area (Å²) in [5.41, 5.74) is -1.20. The Morgan fingerprint density at radius 3 is 3.17 bits per heavy atom. The van der Waals surface area contributed by atoms with E-state index in [0.717, 1.165) is 12.8 Å². The molecule has 1 saturated heterocycles. The Kier molecular flexibility index (Phi) is 1.51. The first-order valence-corrected chi connectivity index (χ1v) is 4.38. The monoisotopic (exact) mass is 167 g/mol. The molecule has 0 saturated carbocycles. The van der Waals surface area contributed by atoms with Crippen LogP contribution in [0.4, 0.5) is 0 Å². The van der Waals surface area contributed by atoms with Crippen LogP contribution in [0.5, 0.6) is 0 Å². The van der Waals surface area contributed by atoms with Crippen molar-refractivity contribution in [3.63, 3.8) is 0 Å². The van der Waals surface area contributed by atoms with Crippen molar-refractivity contribution in [2.24, 2.45) is 0 Å². The lowest BCUT2D eigenvalue weighted by Crippen LogP contribution is -2.54. The van der Waals surface area contributed by atoms with Gasteiger partial charge in [0.15, 0.2) is 0 Å². The molecule has 0 bridgehead atoms. The summed E-state index contributed by atoms with van der Waals surface area (Å²) in [6, 6.07) is 0.284. The topological polar surface area (TPSA) is 40.5 Å². The van der Waals surface area contributed by atoms with Crippen LogP contribution < -0.4 is 0 Å². The fourth-order valence-corrected chi connectivity index (χ4v) is 2.08. The first-order valence-electron chi connectivity index (χ1n) is 4.38. The molecule has 1 fully saturated rings. The number of carbonyl (C=O) groups is 1. The van der Waals surface area contributed by atoms with E-state index < -0.39 is 5.72 Å². The van der Waals surface area contributed by atoms with Crippen molar-refractivity contribution in [3.05, 3.63) is 12.3 Å². The Bertz CT molecular complexity index is 249. The minimum absolute atomic E-state index is 0.158. The maximum atomic E-state index is 11.3. The summed E-state index contributed by atoms with van der Waals surface area (Å²) in [6.07, 6.45) is 5.75. The van der Waals surface area contributed by atoms with Crippen LogP contribution in [0.25, 0.3) is 0 Å². The summed E-state index contributed by atoms with van der Waals surface area (Å²) in [4.78, 5) is 13.1. The lowest BCUT2D eigenvalue weighted by molar-refractivity contribution is -0.156. The van der Waals surface area contributed by atoms with Gasteiger partial charge in [0.2, 0.25) is 11.5 Å². The standard InChI is InChI=1S/C9H13NO2/c1-7-3-2-5-9(12)8(11)4-6-10(7)9/h4,6-7,12H,2-3,5H2,1H3. The summed E-state index contributed by atoms with van der Waals surface area (Å²) in [5.74, 6) is -0.158. The molecular formula is C9H13NO2. The lowest BCUT2D eigenvalue weighted by Gasteiger charge is -2.41. The summed E-state index contributed by atoms with van der Waals surface area (Å²) >= 11 is 0. The van der Waals surface area contributed by atoms with Crippen molar-refractivity contribution in [2.75, 3.05) is 0 Å². The molecule has 2 heterocycles. The van der Waals surface area contributed by atoms with Gasteiger partial charge in [-0.25, -0.2) is 0 Å². The van der Waals surface area contributed by atoms with Gasteiger partial charge in [0.05, 0.1) is 0 Å². The van der Waals surface area contributed by atoms with E-state index >= 15 is 0 Å². The van der Waals surface area contributed by atoms with Crippen molar-refractivity contribution in [2.45, 2.75) is 38.0 Å². The van der Waals surface area contributed by atoms with E-state index in [-0.39, 0.29) is 11.8 Å². The third-order valence-corrected chi connectivity index (χ3v) is 2.83. The van der Waals surface area contributed by atoms with Crippen molar-refractivity contribution < 1.29 is 9.90 Å². The minimum Gasteiger partial charge on any atom is -0.364 e. The Labute approximate surface area is 71.7 Å². The van der Waals surface area contributed by atoms with Crippen molar-refractivity contribution in [3.8, 4) is 0 Å². The highest BCUT2D eigenvalue weighted by Gasteiger charge is 2.46. The predicted octanol–water partition coefficient (Wildman–Crippen LogP) is 0.646. The normalized spacial score (nSPS) is 40.3.